The molecule has 0 aromatic heterocycles. The number of rotatable bonds is 10. The van der Waals surface area contributed by atoms with Gasteiger partial charge in [-0.3, -0.25) is 10.1 Å². The number of hydrogen-bond donors (Lipinski definition) is 1. The number of nitro groups is 1. The third-order valence-electron chi connectivity index (χ3n) is 9.01. The van der Waals surface area contributed by atoms with Crippen molar-refractivity contribution in [2.75, 3.05) is 33.4 Å². The van der Waals surface area contributed by atoms with Gasteiger partial charge in [0.15, 0.2) is 0 Å². The van der Waals surface area contributed by atoms with Crippen molar-refractivity contribution in [3.8, 4) is 0 Å². The van der Waals surface area contributed by atoms with Crippen LogP contribution in [-0.2, 0) is 24.5 Å². The van der Waals surface area contributed by atoms with Gasteiger partial charge in [0, 0.05) is 35.5 Å². The molecule has 2 heterocycles. The maximum absolute atomic E-state index is 13.6. The van der Waals surface area contributed by atoms with Gasteiger partial charge in [0.05, 0.1) is 35.7 Å². The smallest absolute Gasteiger partial charge is 0.336 e. The first kappa shape index (κ1) is 34.4. The fourth-order valence-corrected chi connectivity index (χ4v) is 6.74. The lowest BCUT2D eigenvalue weighted by Crippen LogP contribution is -3.00. The van der Waals surface area contributed by atoms with Crippen LogP contribution in [0.5, 0.6) is 0 Å². The second-order valence-electron chi connectivity index (χ2n) is 11.6. The number of methoxy groups -OCH3 is 1. The minimum absolute atomic E-state index is 0. The molecule has 2 aliphatic rings. The van der Waals surface area contributed by atoms with Crippen molar-refractivity contribution in [2.24, 2.45) is 0 Å². The molecule has 0 amide bonds. The largest absolute Gasteiger partial charge is 1.00 e. The zero-order chi connectivity index (χ0) is 32.0. The van der Waals surface area contributed by atoms with E-state index in [0.717, 1.165) is 32.5 Å². The lowest BCUT2D eigenvalue weighted by Gasteiger charge is -2.43. The lowest BCUT2D eigenvalue weighted by atomic mass is 9.68. The molecular formula is C36H39ClN3O6-. The summed E-state index contributed by atoms with van der Waals surface area (Å²) in [6.45, 7) is 6.28. The van der Waals surface area contributed by atoms with Crippen molar-refractivity contribution in [1.29, 1.82) is 0 Å². The first-order valence-corrected chi connectivity index (χ1v) is 15.3. The number of allylic oxidation sites excluding steroid dienone is 2. The van der Waals surface area contributed by atoms with Crippen LogP contribution in [0.2, 0.25) is 0 Å². The highest BCUT2D eigenvalue weighted by Crippen LogP contribution is 2.42. The van der Waals surface area contributed by atoms with Crippen LogP contribution in [0, 0.1) is 10.1 Å². The van der Waals surface area contributed by atoms with Crippen molar-refractivity contribution in [1.82, 2.24) is 10.2 Å². The van der Waals surface area contributed by atoms with E-state index < -0.39 is 22.8 Å². The fourth-order valence-electron chi connectivity index (χ4n) is 6.74. The SMILES string of the molecule is COC(=O)C1=C(C)NC(C)=C(C(=O)OCCCN2CCC(c3ccccc3)(c3ccccc3)CC2)[C@@H]1c1cccc([N+](=O)[O-])c1.[Cl-]. The average molecular weight is 645 g/mol. The molecule has 3 aromatic carbocycles. The van der Waals surface area contributed by atoms with E-state index in [1.807, 2.05) is 0 Å². The molecule has 9 nitrogen and oxygen atoms in total. The molecule has 0 bridgehead atoms. The first-order valence-electron chi connectivity index (χ1n) is 15.3. The Balaban J connectivity index is 0.00000480. The lowest BCUT2D eigenvalue weighted by molar-refractivity contribution is -0.384. The number of esters is 2. The minimum atomic E-state index is -0.878. The van der Waals surface area contributed by atoms with Crippen LogP contribution < -0.4 is 17.7 Å². The molecule has 0 saturated carbocycles. The Kier molecular flexibility index (Phi) is 11.4. The van der Waals surface area contributed by atoms with Crippen LogP contribution in [0.1, 0.15) is 55.7 Å². The second kappa shape index (κ2) is 15.2. The van der Waals surface area contributed by atoms with Gasteiger partial charge in [-0.1, -0.05) is 72.8 Å². The zero-order valence-corrected chi connectivity index (χ0v) is 27.1. The number of nitro benzene ring substituents is 1. The van der Waals surface area contributed by atoms with Crippen LogP contribution in [0.3, 0.4) is 0 Å². The number of non-ortho nitro benzene ring substituents is 1. The van der Waals surface area contributed by atoms with Crippen LogP contribution in [0.15, 0.2) is 107 Å². The van der Waals surface area contributed by atoms with Crippen molar-refractivity contribution in [2.45, 2.75) is 44.4 Å². The highest BCUT2D eigenvalue weighted by Gasteiger charge is 2.39. The number of nitrogens with one attached hydrogen (secondary N) is 1. The predicted molar refractivity (Wildman–Crippen MR) is 171 cm³/mol. The number of hydrogen-bond acceptors (Lipinski definition) is 8. The number of carbonyl (C=O) groups excluding carboxylic acids is 2. The quantitative estimate of drug-likeness (QED) is 0.155. The number of nitrogens with zero attached hydrogens (tertiary/aromatic N) is 2. The second-order valence-corrected chi connectivity index (χ2v) is 11.6. The van der Waals surface area contributed by atoms with Gasteiger partial charge in [0.1, 0.15) is 0 Å². The molecule has 0 unspecified atom stereocenters. The summed E-state index contributed by atoms with van der Waals surface area (Å²) in [5.41, 5.74) is 4.42. The number of halogens is 1. The maximum atomic E-state index is 13.6. The predicted octanol–water partition coefficient (Wildman–Crippen LogP) is 3.02. The summed E-state index contributed by atoms with van der Waals surface area (Å²) >= 11 is 0. The van der Waals surface area contributed by atoms with E-state index in [-0.39, 0.29) is 41.3 Å². The monoisotopic (exact) mass is 644 g/mol. The van der Waals surface area contributed by atoms with E-state index in [4.69, 9.17) is 9.47 Å². The molecule has 0 aliphatic carbocycles. The minimum Gasteiger partial charge on any atom is -1.00 e. The van der Waals surface area contributed by atoms with E-state index in [9.17, 15) is 19.7 Å². The van der Waals surface area contributed by atoms with E-state index in [1.165, 1.54) is 30.4 Å². The number of likely N-dealkylation sites (tertiary alicyclic amines) is 1. The number of carbonyl (C=O) groups is 2. The third-order valence-corrected chi connectivity index (χ3v) is 9.01. The van der Waals surface area contributed by atoms with Crippen LogP contribution >= 0.6 is 0 Å². The molecule has 2 aliphatic heterocycles. The van der Waals surface area contributed by atoms with Crippen molar-refractivity contribution >= 4 is 17.6 Å². The molecule has 1 saturated heterocycles. The van der Waals surface area contributed by atoms with Crippen LogP contribution in [0.25, 0.3) is 0 Å². The van der Waals surface area contributed by atoms with E-state index in [1.54, 1.807) is 26.0 Å². The van der Waals surface area contributed by atoms with Gasteiger partial charge in [-0.05, 0) is 62.9 Å². The highest BCUT2D eigenvalue weighted by atomic mass is 35.5. The molecule has 0 spiro atoms. The van der Waals surface area contributed by atoms with Gasteiger partial charge in [-0.15, -0.1) is 0 Å². The van der Waals surface area contributed by atoms with Gasteiger partial charge in [-0.25, -0.2) is 9.59 Å². The van der Waals surface area contributed by atoms with E-state index in [2.05, 4.69) is 70.9 Å². The summed E-state index contributed by atoms with van der Waals surface area (Å²) in [5, 5.41) is 14.6. The normalized spacial score (nSPS) is 17.8. The van der Waals surface area contributed by atoms with Gasteiger partial charge in [0.25, 0.3) is 5.69 Å². The molecule has 1 N–H and O–H groups in total. The molecule has 46 heavy (non-hydrogen) atoms. The Morgan fingerprint density at radius 3 is 2.00 bits per heavy atom. The molecule has 1 fully saturated rings. The van der Waals surface area contributed by atoms with Crippen molar-refractivity contribution in [3.63, 3.8) is 0 Å². The summed E-state index contributed by atoms with van der Waals surface area (Å²) in [5.74, 6) is -2.07. The van der Waals surface area contributed by atoms with Crippen LogP contribution in [0.4, 0.5) is 5.69 Å². The summed E-state index contributed by atoms with van der Waals surface area (Å²) in [6, 6.07) is 27.4. The van der Waals surface area contributed by atoms with E-state index in [0.29, 0.717) is 23.4 Å². The Labute approximate surface area is 275 Å². The Bertz CT molecular complexity index is 1570. The molecular weight excluding hydrogens is 606 g/mol. The molecule has 1 atom stereocenters. The highest BCUT2D eigenvalue weighted by molar-refractivity contribution is 5.99. The summed E-state index contributed by atoms with van der Waals surface area (Å²) in [4.78, 5) is 39.9. The molecule has 5 rings (SSSR count). The summed E-state index contributed by atoms with van der Waals surface area (Å²) < 4.78 is 10.8. The van der Waals surface area contributed by atoms with Gasteiger partial charge < -0.3 is 32.1 Å². The molecule has 10 heteroatoms. The maximum Gasteiger partial charge on any atom is 0.336 e. The van der Waals surface area contributed by atoms with E-state index >= 15 is 0 Å². The first-order chi connectivity index (χ1) is 21.7. The van der Waals surface area contributed by atoms with Crippen LogP contribution in [-0.4, -0.2) is 55.1 Å². The Morgan fingerprint density at radius 1 is 0.891 bits per heavy atom. The third kappa shape index (κ3) is 7.16. The Morgan fingerprint density at radius 2 is 1.46 bits per heavy atom. The number of piperidine rings is 1. The topological polar surface area (TPSA) is 111 Å². The molecule has 3 aromatic rings. The average Bonchev–Trinajstić information content (AvgIpc) is 3.07. The van der Waals surface area contributed by atoms with Crippen molar-refractivity contribution < 1.29 is 36.4 Å². The van der Waals surface area contributed by atoms with Gasteiger partial charge in [-0.2, -0.15) is 0 Å². The number of benzene rings is 3. The molecule has 242 valence electrons. The summed E-state index contributed by atoms with van der Waals surface area (Å²) in [6.07, 6.45) is 2.63. The van der Waals surface area contributed by atoms with Crippen molar-refractivity contribution in [3.05, 3.63) is 134 Å². The van der Waals surface area contributed by atoms with Gasteiger partial charge >= 0.3 is 11.9 Å². The number of ether oxygens (including phenoxy) is 2. The molecule has 0 radical (unpaired) electrons. The summed E-state index contributed by atoms with van der Waals surface area (Å²) in [7, 11) is 1.26. The standard InChI is InChI=1S/C36H39N3O6.ClH/c1-25-31(34(40)44-3)33(27-12-10-17-30(24-27)39(42)43)32(26(2)37-25)35(41)45-23-11-20-38-21-18-36(19-22-38,28-13-6-4-7-14-28)29-15-8-5-9-16-29;/h4-10,12-17,24,33,37H,11,18-23H2,1-3H3;1H/p-1/t33-;/m1./s1. The zero-order valence-electron chi connectivity index (χ0n) is 26.3. The Hall–Kier alpha value is -4.47. The fraction of sp³-hybridized carbons (Fsp3) is 0.333. The number of dihydropyridines is 1. The van der Waals surface area contributed by atoms with Gasteiger partial charge in [0.2, 0.25) is 0 Å².